The number of halogens is 3. The van der Waals surface area contributed by atoms with Gasteiger partial charge in [0.1, 0.15) is 5.82 Å². The standard InChI is InChI=1S/C15H13BrClF/c1-9-3-4-12(8-13(9)17)15(16)11-5-6-14(18)10(2)7-11/h3-8,15H,1-2H3. The van der Waals surface area contributed by atoms with Crippen molar-refractivity contribution in [1.82, 2.24) is 0 Å². The van der Waals surface area contributed by atoms with E-state index in [1.54, 1.807) is 13.0 Å². The van der Waals surface area contributed by atoms with Crippen LogP contribution in [0.3, 0.4) is 0 Å². The predicted octanol–water partition coefficient (Wildman–Crippen LogP) is 5.58. The molecule has 94 valence electrons. The highest BCUT2D eigenvalue weighted by molar-refractivity contribution is 9.09. The average molecular weight is 328 g/mol. The number of alkyl halides is 1. The molecule has 0 fully saturated rings. The van der Waals surface area contributed by atoms with Crippen molar-refractivity contribution in [3.63, 3.8) is 0 Å². The Hall–Kier alpha value is -0.860. The minimum Gasteiger partial charge on any atom is -0.207 e. The van der Waals surface area contributed by atoms with Crippen LogP contribution in [0.15, 0.2) is 36.4 Å². The molecule has 0 aromatic heterocycles. The van der Waals surface area contributed by atoms with Crippen molar-refractivity contribution in [2.45, 2.75) is 18.7 Å². The van der Waals surface area contributed by atoms with Crippen LogP contribution >= 0.6 is 27.5 Å². The Bertz CT molecular complexity index is 529. The van der Waals surface area contributed by atoms with Crippen LogP contribution < -0.4 is 0 Å². The molecule has 0 radical (unpaired) electrons. The third-order valence-electron chi connectivity index (χ3n) is 2.96. The number of rotatable bonds is 2. The maximum atomic E-state index is 13.2. The SMILES string of the molecule is Cc1cc(C(Br)c2ccc(C)c(Cl)c2)ccc1F. The first-order valence-corrected chi connectivity index (χ1v) is 6.94. The third-order valence-corrected chi connectivity index (χ3v) is 4.43. The lowest BCUT2D eigenvalue weighted by molar-refractivity contribution is 0.618. The summed E-state index contributed by atoms with van der Waals surface area (Å²) >= 11 is 9.75. The Kier molecular flexibility index (Phi) is 4.08. The maximum absolute atomic E-state index is 13.2. The Morgan fingerprint density at radius 2 is 1.61 bits per heavy atom. The number of hydrogen-bond donors (Lipinski definition) is 0. The molecular formula is C15H13BrClF. The van der Waals surface area contributed by atoms with E-state index in [9.17, 15) is 4.39 Å². The van der Waals surface area contributed by atoms with Gasteiger partial charge < -0.3 is 0 Å². The topological polar surface area (TPSA) is 0 Å². The van der Waals surface area contributed by atoms with E-state index in [1.165, 1.54) is 6.07 Å². The fourth-order valence-corrected chi connectivity index (χ4v) is 2.54. The highest BCUT2D eigenvalue weighted by Crippen LogP contribution is 2.33. The lowest BCUT2D eigenvalue weighted by atomic mass is 10.0. The van der Waals surface area contributed by atoms with Crippen molar-refractivity contribution >= 4 is 27.5 Å². The molecule has 0 nitrogen and oxygen atoms in total. The summed E-state index contributed by atoms with van der Waals surface area (Å²) in [6.07, 6.45) is 0. The second kappa shape index (κ2) is 5.41. The molecule has 0 aliphatic carbocycles. The first kappa shape index (κ1) is 13.6. The van der Waals surface area contributed by atoms with Gasteiger partial charge in [0.2, 0.25) is 0 Å². The third kappa shape index (κ3) is 2.76. The molecule has 0 saturated carbocycles. The van der Waals surface area contributed by atoms with Gasteiger partial charge in [-0.05, 0) is 48.2 Å². The molecule has 0 aliphatic rings. The largest absolute Gasteiger partial charge is 0.207 e. The molecule has 0 aliphatic heterocycles. The Morgan fingerprint density at radius 3 is 2.22 bits per heavy atom. The van der Waals surface area contributed by atoms with E-state index in [4.69, 9.17) is 11.6 Å². The van der Waals surface area contributed by atoms with Crippen LogP contribution in [-0.2, 0) is 0 Å². The smallest absolute Gasteiger partial charge is 0.126 e. The number of aryl methyl sites for hydroxylation is 2. The number of benzene rings is 2. The van der Waals surface area contributed by atoms with Crippen molar-refractivity contribution in [2.75, 3.05) is 0 Å². The highest BCUT2D eigenvalue weighted by Gasteiger charge is 2.12. The lowest BCUT2D eigenvalue weighted by Gasteiger charge is -2.13. The average Bonchev–Trinajstić information content (AvgIpc) is 2.35. The molecule has 0 saturated heterocycles. The molecular weight excluding hydrogens is 315 g/mol. The van der Waals surface area contributed by atoms with Gasteiger partial charge >= 0.3 is 0 Å². The van der Waals surface area contributed by atoms with Crippen LogP contribution in [0, 0.1) is 19.7 Å². The summed E-state index contributed by atoms with van der Waals surface area (Å²) in [4.78, 5) is 0.0231. The van der Waals surface area contributed by atoms with Gasteiger partial charge in [0.15, 0.2) is 0 Å². The summed E-state index contributed by atoms with van der Waals surface area (Å²) in [5, 5.41) is 0.746. The van der Waals surface area contributed by atoms with Crippen LogP contribution in [-0.4, -0.2) is 0 Å². The van der Waals surface area contributed by atoms with Crippen LogP contribution in [0.4, 0.5) is 4.39 Å². The van der Waals surface area contributed by atoms with Crippen molar-refractivity contribution in [2.24, 2.45) is 0 Å². The van der Waals surface area contributed by atoms with E-state index in [2.05, 4.69) is 15.9 Å². The monoisotopic (exact) mass is 326 g/mol. The highest BCUT2D eigenvalue weighted by atomic mass is 79.9. The van der Waals surface area contributed by atoms with Gasteiger partial charge in [-0.25, -0.2) is 4.39 Å². The Labute approximate surface area is 120 Å². The van der Waals surface area contributed by atoms with Gasteiger partial charge in [-0.1, -0.05) is 51.8 Å². The van der Waals surface area contributed by atoms with Crippen molar-refractivity contribution in [3.05, 3.63) is 69.5 Å². The molecule has 0 amide bonds. The van der Waals surface area contributed by atoms with Crippen molar-refractivity contribution in [1.29, 1.82) is 0 Å². The maximum Gasteiger partial charge on any atom is 0.126 e. The van der Waals surface area contributed by atoms with Crippen LogP contribution in [0.5, 0.6) is 0 Å². The van der Waals surface area contributed by atoms with Gasteiger partial charge in [-0.2, -0.15) is 0 Å². The zero-order valence-electron chi connectivity index (χ0n) is 10.2. The van der Waals surface area contributed by atoms with Gasteiger partial charge in [-0.15, -0.1) is 0 Å². The summed E-state index contributed by atoms with van der Waals surface area (Å²) in [5.74, 6) is -0.180. The molecule has 2 rings (SSSR count). The predicted molar refractivity (Wildman–Crippen MR) is 78.1 cm³/mol. The first-order chi connectivity index (χ1) is 8.49. The molecule has 2 aromatic carbocycles. The second-order valence-electron chi connectivity index (χ2n) is 4.38. The molecule has 0 spiro atoms. The molecule has 0 bridgehead atoms. The molecule has 0 N–H and O–H groups in total. The van der Waals surface area contributed by atoms with Gasteiger partial charge in [0.25, 0.3) is 0 Å². The second-order valence-corrected chi connectivity index (χ2v) is 5.70. The van der Waals surface area contributed by atoms with Gasteiger partial charge in [-0.3, -0.25) is 0 Å². The lowest BCUT2D eigenvalue weighted by Crippen LogP contribution is -1.95. The van der Waals surface area contributed by atoms with E-state index >= 15 is 0 Å². The fourth-order valence-electron chi connectivity index (χ4n) is 1.78. The van der Waals surface area contributed by atoms with E-state index in [0.29, 0.717) is 5.56 Å². The quantitative estimate of drug-likeness (QED) is 0.632. The minimum absolute atomic E-state index is 0.0231. The zero-order chi connectivity index (χ0) is 13.3. The number of hydrogen-bond acceptors (Lipinski definition) is 0. The normalized spacial score (nSPS) is 12.5. The molecule has 2 aromatic rings. The summed E-state index contributed by atoms with van der Waals surface area (Å²) in [6, 6.07) is 11.1. The summed E-state index contributed by atoms with van der Waals surface area (Å²) in [5.41, 5.74) is 3.79. The molecule has 3 heteroatoms. The zero-order valence-corrected chi connectivity index (χ0v) is 12.5. The van der Waals surface area contributed by atoms with Crippen LogP contribution in [0.1, 0.15) is 27.1 Å². The van der Waals surface area contributed by atoms with Crippen molar-refractivity contribution in [3.8, 4) is 0 Å². The van der Waals surface area contributed by atoms with Crippen LogP contribution in [0.2, 0.25) is 5.02 Å². The summed E-state index contributed by atoms with van der Waals surface area (Å²) in [7, 11) is 0. The van der Waals surface area contributed by atoms with E-state index < -0.39 is 0 Å². The van der Waals surface area contributed by atoms with Gasteiger partial charge in [0.05, 0.1) is 4.83 Å². The molecule has 18 heavy (non-hydrogen) atoms. The van der Waals surface area contributed by atoms with Gasteiger partial charge in [0, 0.05) is 5.02 Å². The molecule has 1 atom stereocenters. The first-order valence-electron chi connectivity index (χ1n) is 5.65. The fraction of sp³-hybridized carbons (Fsp3) is 0.200. The van der Waals surface area contributed by atoms with Crippen molar-refractivity contribution < 1.29 is 4.39 Å². The summed E-state index contributed by atoms with van der Waals surface area (Å²) < 4.78 is 13.2. The summed E-state index contributed by atoms with van der Waals surface area (Å²) in [6.45, 7) is 3.73. The minimum atomic E-state index is -0.180. The Morgan fingerprint density at radius 1 is 1.00 bits per heavy atom. The molecule has 0 heterocycles. The van der Waals surface area contributed by atoms with E-state index in [-0.39, 0.29) is 10.6 Å². The Balaban J connectivity index is 2.37. The molecule has 1 unspecified atom stereocenters. The van der Waals surface area contributed by atoms with E-state index in [1.807, 2.05) is 31.2 Å². The van der Waals surface area contributed by atoms with Crippen LogP contribution in [0.25, 0.3) is 0 Å². The van der Waals surface area contributed by atoms with E-state index in [0.717, 1.165) is 21.7 Å².